The molecule has 3 rings (SSSR count). The molecule has 0 radical (unpaired) electrons. The predicted octanol–water partition coefficient (Wildman–Crippen LogP) is 1.57. The molecule has 2 heterocycles. The van der Waals surface area contributed by atoms with Crippen LogP contribution in [0.5, 0.6) is 11.5 Å². The van der Waals surface area contributed by atoms with E-state index in [0.29, 0.717) is 34.3 Å². The van der Waals surface area contributed by atoms with Gasteiger partial charge >= 0.3 is 0 Å². The van der Waals surface area contributed by atoms with Gasteiger partial charge in [0, 0.05) is 5.56 Å². The average molecular weight is 328 g/mol. The van der Waals surface area contributed by atoms with Crippen molar-refractivity contribution in [3.63, 3.8) is 0 Å². The lowest BCUT2D eigenvalue weighted by Gasteiger charge is -2.10. The maximum atomic E-state index is 12.6. The smallest absolute Gasteiger partial charge is 0.255 e. The van der Waals surface area contributed by atoms with Gasteiger partial charge in [0.1, 0.15) is 18.3 Å². The van der Waals surface area contributed by atoms with E-state index in [0.717, 1.165) is 0 Å². The van der Waals surface area contributed by atoms with Crippen molar-refractivity contribution < 1.29 is 14.3 Å². The Morgan fingerprint density at radius 3 is 2.54 bits per heavy atom. The van der Waals surface area contributed by atoms with Crippen LogP contribution in [0.3, 0.4) is 0 Å². The van der Waals surface area contributed by atoms with Crippen LogP contribution < -0.4 is 14.8 Å². The number of H-pyrrole nitrogens is 1. The molecule has 9 heteroatoms. The third-order valence-electron chi connectivity index (χ3n) is 3.48. The minimum atomic E-state index is -0.297. The molecular formula is C15H16N6O3. The molecule has 3 aromatic rings. The molecule has 0 aliphatic rings. The van der Waals surface area contributed by atoms with E-state index in [2.05, 4.69) is 25.7 Å². The van der Waals surface area contributed by atoms with Crippen LogP contribution in [0.25, 0.3) is 5.82 Å². The Balaban J connectivity index is 1.90. The van der Waals surface area contributed by atoms with Gasteiger partial charge in [0.2, 0.25) is 0 Å². The van der Waals surface area contributed by atoms with Crippen LogP contribution in [0.2, 0.25) is 0 Å². The first-order valence-corrected chi connectivity index (χ1v) is 7.07. The molecule has 0 fully saturated rings. The predicted molar refractivity (Wildman–Crippen MR) is 85.7 cm³/mol. The molecule has 0 aliphatic carbocycles. The molecule has 0 aliphatic heterocycles. The van der Waals surface area contributed by atoms with Crippen LogP contribution >= 0.6 is 0 Å². The van der Waals surface area contributed by atoms with Crippen molar-refractivity contribution in [2.45, 2.75) is 6.92 Å². The third kappa shape index (κ3) is 2.78. The Morgan fingerprint density at radius 1 is 1.17 bits per heavy atom. The van der Waals surface area contributed by atoms with E-state index in [1.807, 2.05) is 6.92 Å². The summed E-state index contributed by atoms with van der Waals surface area (Å²) >= 11 is 0. The van der Waals surface area contributed by atoms with Gasteiger partial charge in [-0.3, -0.25) is 14.5 Å². The van der Waals surface area contributed by atoms with E-state index in [9.17, 15) is 4.79 Å². The molecule has 2 aromatic heterocycles. The summed E-state index contributed by atoms with van der Waals surface area (Å²) in [5.41, 5.74) is 1.70. The SMILES string of the molecule is COc1ccc(C(=O)Nc2c(-n3cnnc3)n[nH]c2C)cc1OC. The Kier molecular flexibility index (Phi) is 4.15. The summed E-state index contributed by atoms with van der Waals surface area (Å²) in [6.07, 6.45) is 3.00. The molecular weight excluding hydrogens is 312 g/mol. The second-order valence-electron chi connectivity index (χ2n) is 4.94. The van der Waals surface area contributed by atoms with Gasteiger partial charge in [-0.05, 0) is 25.1 Å². The fourth-order valence-corrected chi connectivity index (χ4v) is 2.23. The zero-order valence-corrected chi connectivity index (χ0v) is 13.4. The monoisotopic (exact) mass is 328 g/mol. The number of aryl methyl sites for hydroxylation is 1. The number of hydrogen-bond donors (Lipinski definition) is 2. The van der Waals surface area contributed by atoms with Gasteiger partial charge in [0.15, 0.2) is 17.3 Å². The second kappa shape index (κ2) is 6.41. The largest absolute Gasteiger partial charge is 0.493 e. The summed E-state index contributed by atoms with van der Waals surface area (Å²) in [5, 5.41) is 17.3. The summed E-state index contributed by atoms with van der Waals surface area (Å²) in [4.78, 5) is 12.6. The molecule has 0 saturated heterocycles. The second-order valence-corrected chi connectivity index (χ2v) is 4.94. The molecule has 0 saturated carbocycles. The number of carbonyl (C=O) groups is 1. The van der Waals surface area contributed by atoms with E-state index in [4.69, 9.17) is 9.47 Å². The normalized spacial score (nSPS) is 10.5. The lowest BCUT2D eigenvalue weighted by Crippen LogP contribution is -2.14. The number of anilines is 1. The van der Waals surface area contributed by atoms with Crippen LogP contribution in [-0.2, 0) is 0 Å². The lowest BCUT2D eigenvalue weighted by molar-refractivity contribution is 0.102. The maximum Gasteiger partial charge on any atom is 0.255 e. The lowest BCUT2D eigenvalue weighted by atomic mass is 10.2. The van der Waals surface area contributed by atoms with Crippen LogP contribution in [0, 0.1) is 6.92 Å². The van der Waals surface area contributed by atoms with E-state index in [-0.39, 0.29) is 5.91 Å². The molecule has 0 spiro atoms. The van der Waals surface area contributed by atoms with Crippen molar-refractivity contribution in [2.24, 2.45) is 0 Å². The van der Waals surface area contributed by atoms with Crippen molar-refractivity contribution in [1.29, 1.82) is 0 Å². The van der Waals surface area contributed by atoms with Gasteiger partial charge < -0.3 is 14.8 Å². The molecule has 124 valence electrons. The first kappa shape index (κ1) is 15.5. The van der Waals surface area contributed by atoms with E-state index in [1.54, 1.807) is 22.8 Å². The van der Waals surface area contributed by atoms with Crippen molar-refractivity contribution >= 4 is 11.6 Å². The average Bonchev–Trinajstić information content (AvgIpc) is 3.24. The number of hydrogen-bond acceptors (Lipinski definition) is 6. The number of benzene rings is 1. The highest BCUT2D eigenvalue weighted by molar-refractivity contribution is 6.05. The van der Waals surface area contributed by atoms with Gasteiger partial charge in [0.25, 0.3) is 5.91 Å². The van der Waals surface area contributed by atoms with Crippen molar-refractivity contribution in [1.82, 2.24) is 25.0 Å². The summed E-state index contributed by atoms with van der Waals surface area (Å²) in [5.74, 6) is 1.24. The topological polar surface area (TPSA) is 107 Å². The van der Waals surface area contributed by atoms with Gasteiger partial charge in [-0.1, -0.05) is 0 Å². The van der Waals surface area contributed by atoms with Crippen molar-refractivity contribution in [2.75, 3.05) is 19.5 Å². The number of rotatable bonds is 5. The molecule has 0 bridgehead atoms. The first-order valence-electron chi connectivity index (χ1n) is 7.07. The number of nitrogens with one attached hydrogen (secondary N) is 2. The molecule has 9 nitrogen and oxygen atoms in total. The van der Waals surface area contributed by atoms with Crippen molar-refractivity contribution in [3.8, 4) is 17.3 Å². The molecule has 0 unspecified atom stereocenters. The number of carbonyl (C=O) groups excluding carboxylic acids is 1. The van der Waals surface area contributed by atoms with E-state index < -0.39 is 0 Å². The highest BCUT2D eigenvalue weighted by Crippen LogP contribution is 2.28. The number of ether oxygens (including phenoxy) is 2. The quantitative estimate of drug-likeness (QED) is 0.736. The van der Waals surface area contributed by atoms with Gasteiger partial charge in [-0.25, -0.2) is 0 Å². The highest BCUT2D eigenvalue weighted by Gasteiger charge is 2.17. The Labute approximate surface area is 137 Å². The van der Waals surface area contributed by atoms with E-state index >= 15 is 0 Å². The Morgan fingerprint density at radius 2 is 1.88 bits per heavy atom. The standard InChI is InChI=1S/C15H16N6O3/c1-9-13(14(20-19-9)21-7-16-17-8-21)18-15(22)10-4-5-11(23-2)12(6-10)24-3/h4-8H,1-3H3,(H,18,22)(H,19,20). The van der Waals surface area contributed by atoms with Gasteiger partial charge in [-0.15, -0.1) is 10.2 Å². The van der Waals surface area contributed by atoms with Crippen LogP contribution in [0.15, 0.2) is 30.9 Å². The Hall–Kier alpha value is -3.36. The zero-order valence-electron chi connectivity index (χ0n) is 13.4. The minimum absolute atomic E-state index is 0.297. The van der Waals surface area contributed by atoms with Crippen LogP contribution in [0.1, 0.15) is 16.1 Å². The third-order valence-corrected chi connectivity index (χ3v) is 3.48. The van der Waals surface area contributed by atoms with Gasteiger partial charge in [0.05, 0.1) is 19.9 Å². The number of aromatic amines is 1. The van der Waals surface area contributed by atoms with Crippen LogP contribution in [0.4, 0.5) is 5.69 Å². The summed E-state index contributed by atoms with van der Waals surface area (Å²) in [6.45, 7) is 1.81. The number of aromatic nitrogens is 5. The van der Waals surface area contributed by atoms with E-state index in [1.165, 1.54) is 26.9 Å². The fraction of sp³-hybridized carbons (Fsp3) is 0.200. The van der Waals surface area contributed by atoms with Crippen molar-refractivity contribution in [3.05, 3.63) is 42.1 Å². The number of amides is 1. The van der Waals surface area contributed by atoms with Crippen LogP contribution in [-0.4, -0.2) is 45.1 Å². The molecule has 2 N–H and O–H groups in total. The Bertz CT molecular complexity index is 856. The molecule has 24 heavy (non-hydrogen) atoms. The molecule has 1 aromatic carbocycles. The molecule has 0 atom stereocenters. The summed E-state index contributed by atoms with van der Waals surface area (Å²) in [6, 6.07) is 4.95. The fourth-order valence-electron chi connectivity index (χ4n) is 2.23. The van der Waals surface area contributed by atoms with Gasteiger partial charge in [-0.2, -0.15) is 5.10 Å². The first-order chi connectivity index (χ1) is 11.6. The zero-order chi connectivity index (χ0) is 17.1. The molecule has 1 amide bonds. The highest BCUT2D eigenvalue weighted by atomic mass is 16.5. The minimum Gasteiger partial charge on any atom is -0.493 e. The summed E-state index contributed by atoms with van der Waals surface area (Å²) < 4.78 is 12.0. The maximum absolute atomic E-state index is 12.6. The summed E-state index contributed by atoms with van der Waals surface area (Å²) in [7, 11) is 3.06. The number of nitrogens with zero attached hydrogens (tertiary/aromatic N) is 4. The number of methoxy groups -OCH3 is 2.